The van der Waals surface area contributed by atoms with Crippen LogP contribution in [0.4, 0.5) is 4.39 Å². The smallest absolute Gasteiger partial charge is 0.193 e. The van der Waals surface area contributed by atoms with Crippen molar-refractivity contribution in [2.75, 3.05) is 20.1 Å². The quantitative estimate of drug-likeness (QED) is 0.375. The number of ether oxygens (including phenoxy) is 2. The zero-order valence-corrected chi connectivity index (χ0v) is 19.2. The van der Waals surface area contributed by atoms with E-state index >= 15 is 0 Å². The maximum atomic E-state index is 14.5. The Morgan fingerprint density at radius 2 is 2.03 bits per heavy atom. The fourth-order valence-electron chi connectivity index (χ4n) is 4.92. The van der Waals surface area contributed by atoms with E-state index < -0.39 is 5.82 Å². The highest BCUT2D eigenvalue weighted by Crippen LogP contribution is 2.47. The molecule has 0 saturated carbocycles. The van der Waals surface area contributed by atoms with Crippen LogP contribution in [0, 0.1) is 17.7 Å². The van der Waals surface area contributed by atoms with Crippen LogP contribution in [0.2, 0.25) is 0 Å². The molecule has 1 aromatic carbocycles. The Hall–Kier alpha value is -1.94. The molecule has 3 aliphatic rings. The summed E-state index contributed by atoms with van der Waals surface area (Å²) >= 11 is 0. The van der Waals surface area contributed by atoms with Gasteiger partial charge in [-0.1, -0.05) is 6.07 Å². The molecule has 30 heavy (non-hydrogen) atoms. The van der Waals surface area contributed by atoms with E-state index in [2.05, 4.69) is 20.2 Å². The SMILES string of the molecule is CN=C(NCc1ccc(Oc2cccnc2)c(F)c1)N1CC2C3CCC(O3)C2C1.I. The minimum absolute atomic E-state index is 0. The van der Waals surface area contributed by atoms with E-state index in [4.69, 9.17) is 9.47 Å². The van der Waals surface area contributed by atoms with Crippen molar-refractivity contribution in [1.29, 1.82) is 0 Å². The largest absolute Gasteiger partial charge is 0.453 e. The van der Waals surface area contributed by atoms with Crippen LogP contribution in [0.15, 0.2) is 47.7 Å². The van der Waals surface area contributed by atoms with Crippen molar-refractivity contribution in [2.24, 2.45) is 16.8 Å². The minimum atomic E-state index is -0.396. The first-order valence-corrected chi connectivity index (χ1v) is 10.2. The van der Waals surface area contributed by atoms with Crippen LogP contribution in [0.25, 0.3) is 0 Å². The number of hydrogen-bond donors (Lipinski definition) is 1. The Labute approximate surface area is 192 Å². The molecule has 0 amide bonds. The molecule has 3 fully saturated rings. The van der Waals surface area contributed by atoms with E-state index in [9.17, 15) is 4.39 Å². The molecule has 4 heterocycles. The number of nitrogens with zero attached hydrogens (tertiary/aromatic N) is 3. The molecule has 160 valence electrons. The maximum absolute atomic E-state index is 14.5. The minimum Gasteiger partial charge on any atom is -0.453 e. The number of fused-ring (bicyclic) bond motifs is 5. The third-order valence-corrected chi connectivity index (χ3v) is 6.27. The van der Waals surface area contributed by atoms with Gasteiger partial charge in [0.05, 0.1) is 18.4 Å². The number of halogens is 2. The average molecular weight is 524 g/mol. The van der Waals surface area contributed by atoms with E-state index in [0.29, 0.717) is 36.3 Å². The summed E-state index contributed by atoms with van der Waals surface area (Å²) in [7, 11) is 1.80. The van der Waals surface area contributed by atoms with Crippen molar-refractivity contribution < 1.29 is 13.9 Å². The third-order valence-electron chi connectivity index (χ3n) is 6.27. The summed E-state index contributed by atoms with van der Waals surface area (Å²) in [5, 5.41) is 3.38. The van der Waals surface area contributed by atoms with Crippen LogP contribution in [0.3, 0.4) is 0 Å². The molecular weight excluding hydrogens is 498 g/mol. The predicted molar refractivity (Wildman–Crippen MR) is 123 cm³/mol. The Morgan fingerprint density at radius 1 is 1.27 bits per heavy atom. The molecular formula is C22H26FIN4O2. The first-order chi connectivity index (χ1) is 14.2. The molecule has 5 rings (SSSR count). The van der Waals surface area contributed by atoms with Gasteiger partial charge in [0.1, 0.15) is 5.75 Å². The summed E-state index contributed by atoms with van der Waals surface area (Å²) in [4.78, 5) is 10.7. The third kappa shape index (κ3) is 4.12. The molecule has 3 saturated heterocycles. The van der Waals surface area contributed by atoms with Crippen LogP contribution >= 0.6 is 24.0 Å². The van der Waals surface area contributed by atoms with E-state index in [1.165, 1.54) is 18.9 Å². The van der Waals surface area contributed by atoms with E-state index in [1.807, 2.05) is 6.07 Å². The van der Waals surface area contributed by atoms with Crippen molar-refractivity contribution in [3.63, 3.8) is 0 Å². The lowest BCUT2D eigenvalue weighted by molar-refractivity contribution is 0.0767. The van der Waals surface area contributed by atoms with Crippen LogP contribution in [0.5, 0.6) is 11.5 Å². The number of aliphatic imine (C=N–C) groups is 1. The van der Waals surface area contributed by atoms with Gasteiger partial charge in [0.15, 0.2) is 17.5 Å². The molecule has 8 heteroatoms. The Kier molecular flexibility index (Phi) is 6.43. The Bertz CT molecular complexity index is 895. The van der Waals surface area contributed by atoms with Crippen molar-refractivity contribution in [1.82, 2.24) is 15.2 Å². The van der Waals surface area contributed by atoms with E-state index in [-0.39, 0.29) is 29.7 Å². The van der Waals surface area contributed by atoms with Crippen LogP contribution in [-0.4, -0.2) is 48.2 Å². The molecule has 0 radical (unpaired) electrons. The van der Waals surface area contributed by atoms with Crippen LogP contribution < -0.4 is 10.1 Å². The van der Waals surface area contributed by atoms with Gasteiger partial charge in [-0.15, -0.1) is 24.0 Å². The summed E-state index contributed by atoms with van der Waals surface area (Å²) in [6.45, 7) is 2.47. The second-order valence-corrected chi connectivity index (χ2v) is 7.98. The molecule has 1 N–H and O–H groups in total. The lowest BCUT2D eigenvalue weighted by Crippen LogP contribution is -2.41. The van der Waals surface area contributed by atoms with Crippen molar-refractivity contribution in [2.45, 2.75) is 31.6 Å². The van der Waals surface area contributed by atoms with Gasteiger partial charge in [-0.3, -0.25) is 9.98 Å². The normalized spacial score (nSPS) is 27.0. The number of nitrogens with one attached hydrogen (secondary N) is 1. The molecule has 0 spiro atoms. The molecule has 1 aromatic heterocycles. The number of hydrogen-bond acceptors (Lipinski definition) is 4. The van der Waals surface area contributed by atoms with Gasteiger partial charge in [0, 0.05) is 44.7 Å². The molecule has 2 aromatic rings. The second-order valence-electron chi connectivity index (χ2n) is 7.98. The number of pyridine rings is 1. The van der Waals surface area contributed by atoms with Crippen molar-refractivity contribution >= 4 is 29.9 Å². The van der Waals surface area contributed by atoms with Gasteiger partial charge in [-0.05, 0) is 42.7 Å². The summed E-state index contributed by atoms with van der Waals surface area (Å²) < 4.78 is 26.1. The topological polar surface area (TPSA) is 59.0 Å². The molecule has 4 atom stereocenters. The van der Waals surface area contributed by atoms with Crippen molar-refractivity contribution in [3.05, 3.63) is 54.1 Å². The van der Waals surface area contributed by atoms with Crippen molar-refractivity contribution in [3.8, 4) is 11.5 Å². The van der Waals surface area contributed by atoms with Gasteiger partial charge >= 0.3 is 0 Å². The Morgan fingerprint density at radius 3 is 2.67 bits per heavy atom. The number of benzene rings is 1. The lowest BCUT2D eigenvalue weighted by atomic mass is 9.82. The predicted octanol–water partition coefficient (Wildman–Crippen LogP) is 3.82. The standard InChI is InChI=1S/C22H25FN4O2.HI/c1-24-22(27-12-16-17(13-27)20-7-6-19(16)29-20)26-10-14-4-5-21(18(23)9-14)28-15-3-2-8-25-11-15;/h2-5,8-9,11,16-17,19-20H,6-7,10,12-13H2,1H3,(H,24,26);1H. The maximum Gasteiger partial charge on any atom is 0.193 e. The van der Waals surface area contributed by atoms with Crippen LogP contribution in [-0.2, 0) is 11.3 Å². The first kappa shape index (κ1) is 21.3. The first-order valence-electron chi connectivity index (χ1n) is 10.2. The molecule has 2 bridgehead atoms. The number of likely N-dealkylation sites (tertiary alicyclic amines) is 1. The molecule has 6 nitrogen and oxygen atoms in total. The van der Waals surface area contributed by atoms with Gasteiger partial charge < -0.3 is 19.7 Å². The fourth-order valence-corrected chi connectivity index (χ4v) is 4.92. The van der Waals surface area contributed by atoms with Crippen LogP contribution in [0.1, 0.15) is 18.4 Å². The molecule has 0 aliphatic carbocycles. The summed E-state index contributed by atoms with van der Waals surface area (Å²) in [6.07, 6.45) is 6.44. The number of rotatable bonds is 4. The van der Waals surface area contributed by atoms with Gasteiger partial charge in [0.2, 0.25) is 0 Å². The summed E-state index contributed by atoms with van der Waals surface area (Å²) in [5.74, 6) is 2.41. The van der Waals surface area contributed by atoms with E-state index in [0.717, 1.165) is 24.6 Å². The number of aromatic nitrogens is 1. The summed E-state index contributed by atoms with van der Waals surface area (Å²) in [6, 6.07) is 8.51. The highest BCUT2D eigenvalue weighted by Gasteiger charge is 2.53. The zero-order valence-electron chi connectivity index (χ0n) is 16.8. The Balaban J connectivity index is 0.00000218. The fraction of sp³-hybridized carbons (Fsp3) is 0.455. The van der Waals surface area contributed by atoms with Gasteiger partial charge in [0.25, 0.3) is 0 Å². The lowest BCUT2D eigenvalue weighted by Gasteiger charge is -2.23. The van der Waals surface area contributed by atoms with Gasteiger partial charge in [-0.25, -0.2) is 4.39 Å². The molecule has 3 aliphatic heterocycles. The average Bonchev–Trinajstić information content (AvgIpc) is 3.45. The molecule has 4 unspecified atom stereocenters. The highest BCUT2D eigenvalue weighted by atomic mass is 127. The summed E-state index contributed by atoms with van der Waals surface area (Å²) in [5.41, 5.74) is 0.838. The second kappa shape index (κ2) is 9.05. The zero-order chi connectivity index (χ0) is 19.8. The highest BCUT2D eigenvalue weighted by molar-refractivity contribution is 14.0. The van der Waals surface area contributed by atoms with E-state index in [1.54, 1.807) is 37.6 Å². The van der Waals surface area contributed by atoms with Gasteiger partial charge in [-0.2, -0.15) is 0 Å². The number of guanidine groups is 1. The monoisotopic (exact) mass is 524 g/mol.